The molecule has 4 heteroatoms. The van der Waals surface area contributed by atoms with E-state index in [0.717, 1.165) is 18.2 Å². The lowest BCUT2D eigenvalue weighted by Crippen LogP contribution is -2.24. The van der Waals surface area contributed by atoms with Crippen LogP contribution in [0.5, 0.6) is 0 Å². The first kappa shape index (κ1) is 13.4. The second-order valence-electron chi connectivity index (χ2n) is 3.69. The van der Waals surface area contributed by atoms with Crippen LogP contribution in [0.15, 0.2) is 0 Å². The Morgan fingerprint density at radius 2 is 1.85 bits per heavy atom. The molecule has 0 aromatic carbocycles. The summed E-state index contributed by atoms with van der Waals surface area (Å²) in [5, 5.41) is 0.540. The number of alkyl halides is 1. The summed E-state index contributed by atoms with van der Waals surface area (Å²) < 4.78 is 23.1. The first-order chi connectivity index (χ1) is 5.94. The zero-order chi connectivity index (χ0) is 10.5. The molecule has 0 amide bonds. The van der Waals surface area contributed by atoms with Crippen molar-refractivity contribution in [1.29, 1.82) is 0 Å². The Kier molecular flexibility index (Phi) is 6.21. The smallest absolute Gasteiger partial charge is 0.152 e. The molecule has 0 aromatic rings. The summed E-state index contributed by atoms with van der Waals surface area (Å²) in [5.41, 5.74) is 0. The molecule has 0 saturated carbocycles. The van der Waals surface area contributed by atoms with Crippen LogP contribution in [-0.2, 0) is 9.84 Å². The lowest BCUT2D eigenvalue weighted by molar-refractivity contribution is 0.546. The Balaban J connectivity index is 4.23. The predicted molar refractivity (Wildman–Crippen MR) is 61.1 cm³/mol. The Morgan fingerprint density at radius 1 is 1.31 bits per heavy atom. The molecule has 13 heavy (non-hydrogen) atoms. The SMILES string of the molecule is CCCC(CBr)CS(=O)(=O)C(C)C. The summed E-state index contributed by atoms with van der Waals surface area (Å²) in [5.74, 6) is 0.599. The van der Waals surface area contributed by atoms with E-state index >= 15 is 0 Å². The van der Waals surface area contributed by atoms with Gasteiger partial charge in [-0.1, -0.05) is 29.3 Å². The second-order valence-corrected chi connectivity index (χ2v) is 6.94. The second kappa shape index (κ2) is 6.02. The van der Waals surface area contributed by atoms with Gasteiger partial charge < -0.3 is 0 Å². The maximum absolute atomic E-state index is 11.6. The normalized spacial score (nSPS) is 14.8. The van der Waals surface area contributed by atoms with Crippen LogP contribution in [0.25, 0.3) is 0 Å². The Morgan fingerprint density at radius 3 is 2.15 bits per heavy atom. The molecule has 0 heterocycles. The molecule has 0 saturated heterocycles. The molecule has 0 N–H and O–H groups in total. The van der Waals surface area contributed by atoms with Gasteiger partial charge in [0.15, 0.2) is 9.84 Å². The lowest BCUT2D eigenvalue weighted by atomic mass is 10.1. The van der Waals surface area contributed by atoms with Gasteiger partial charge in [0, 0.05) is 5.33 Å². The van der Waals surface area contributed by atoms with Gasteiger partial charge in [0.25, 0.3) is 0 Å². The molecule has 0 aromatic heterocycles. The van der Waals surface area contributed by atoms with E-state index in [-0.39, 0.29) is 11.2 Å². The monoisotopic (exact) mass is 270 g/mol. The fraction of sp³-hybridized carbons (Fsp3) is 1.00. The maximum atomic E-state index is 11.6. The molecular formula is C9H19BrO2S. The molecule has 1 unspecified atom stereocenters. The average molecular weight is 271 g/mol. The molecule has 0 rings (SSSR count). The molecule has 0 fully saturated rings. The van der Waals surface area contributed by atoms with Gasteiger partial charge in [0.1, 0.15) is 0 Å². The minimum absolute atomic E-state index is 0.245. The summed E-state index contributed by atoms with van der Waals surface area (Å²) in [6.45, 7) is 5.57. The third kappa shape index (κ3) is 5.01. The Hall–Kier alpha value is 0.430. The van der Waals surface area contributed by atoms with Crippen molar-refractivity contribution in [2.45, 2.75) is 38.9 Å². The molecule has 0 bridgehead atoms. The fourth-order valence-corrected chi connectivity index (χ4v) is 3.32. The maximum Gasteiger partial charge on any atom is 0.152 e. The van der Waals surface area contributed by atoms with Crippen molar-refractivity contribution in [3.63, 3.8) is 0 Å². The number of sulfone groups is 1. The first-order valence-corrected chi connectivity index (χ1v) is 7.55. The number of halogens is 1. The van der Waals surface area contributed by atoms with Gasteiger partial charge >= 0.3 is 0 Å². The van der Waals surface area contributed by atoms with Crippen molar-refractivity contribution in [2.24, 2.45) is 5.92 Å². The van der Waals surface area contributed by atoms with Crippen LogP contribution >= 0.6 is 15.9 Å². The van der Waals surface area contributed by atoms with E-state index in [1.807, 2.05) is 0 Å². The standard InChI is InChI=1S/C9H19BrO2S/c1-4-5-9(6-10)7-13(11,12)8(2)3/h8-9H,4-7H2,1-3H3. The largest absolute Gasteiger partial charge is 0.229 e. The van der Waals surface area contributed by atoms with Crippen molar-refractivity contribution in [2.75, 3.05) is 11.1 Å². The zero-order valence-electron chi connectivity index (χ0n) is 8.59. The quantitative estimate of drug-likeness (QED) is 0.696. The summed E-state index contributed by atoms with van der Waals surface area (Å²) >= 11 is 3.35. The minimum atomic E-state index is -2.86. The van der Waals surface area contributed by atoms with Crippen molar-refractivity contribution >= 4 is 25.8 Å². The van der Waals surface area contributed by atoms with Crippen molar-refractivity contribution in [1.82, 2.24) is 0 Å². The summed E-state index contributed by atoms with van der Waals surface area (Å²) in [6.07, 6.45) is 2.03. The molecule has 0 aliphatic rings. The predicted octanol–water partition coefficient (Wildman–Crippen LogP) is 2.62. The van der Waals surface area contributed by atoms with E-state index in [2.05, 4.69) is 22.9 Å². The third-order valence-electron chi connectivity index (χ3n) is 2.10. The summed E-state index contributed by atoms with van der Waals surface area (Å²) in [6, 6.07) is 0. The van der Waals surface area contributed by atoms with Crippen LogP contribution in [0.1, 0.15) is 33.6 Å². The van der Waals surface area contributed by atoms with E-state index < -0.39 is 9.84 Å². The van der Waals surface area contributed by atoms with Crippen molar-refractivity contribution < 1.29 is 8.42 Å². The van der Waals surface area contributed by atoms with E-state index in [1.54, 1.807) is 13.8 Å². The topological polar surface area (TPSA) is 34.1 Å². The average Bonchev–Trinajstić information content (AvgIpc) is 2.03. The van der Waals surface area contributed by atoms with Crippen LogP contribution in [-0.4, -0.2) is 24.8 Å². The molecule has 0 spiro atoms. The van der Waals surface area contributed by atoms with Crippen LogP contribution in [0.4, 0.5) is 0 Å². The third-order valence-corrected chi connectivity index (χ3v) is 5.39. The highest BCUT2D eigenvalue weighted by atomic mass is 79.9. The van der Waals surface area contributed by atoms with E-state index in [1.165, 1.54) is 0 Å². The van der Waals surface area contributed by atoms with Gasteiger partial charge in [-0.25, -0.2) is 8.42 Å². The van der Waals surface area contributed by atoms with E-state index in [4.69, 9.17) is 0 Å². The van der Waals surface area contributed by atoms with Gasteiger partial charge in [-0.3, -0.25) is 0 Å². The lowest BCUT2D eigenvalue weighted by Gasteiger charge is -2.14. The number of hydrogen-bond acceptors (Lipinski definition) is 2. The van der Waals surface area contributed by atoms with Crippen LogP contribution < -0.4 is 0 Å². The van der Waals surface area contributed by atoms with Gasteiger partial charge in [-0.2, -0.15) is 0 Å². The van der Waals surface area contributed by atoms with Crippen LogP contribution in [0.3, 0.4) is 0 Å². The van der Waals surface area contributed by atoms with Crippen LogP contribution in [0, 0.1) is 5.92 Å². The Labute approximate surface area is 90.2 Å². The molecule has 80 valence electrons. The highest BCUT2D eigenvalue weighted by Crippen LogP contribution is 2.15. The van der Waals surface area contributed by atoms with E-state index in [0.29, 0.717) is 5.75 Å². The Bertz CT molecular complexity index is 222. The molecule has 2 nitrogen and oxygen atoms in total. The first-order valence-electron chi connectivity index (χ1n) is 4.71. The fourth-order valence-electron chi connectivity index (χ4n) is 1.13. The van der Waals surface area contributed by atoms with Gasteiger partial charge in [0.05, 0.1) is 11.0 Å². The van der Waals surface area contributed by atoms with Gasteiger partial charge in [-0.05, 0) is 26.2 Å². The van der Waals surface area contributed by atoms with Crippen molar-refractivity contribution in [3.05, 3.63) is 0 Å². The molecule has 0 radical (unpaired) electrons. The minimum Gasteiger partial charge on any atom is -0.229 e. The molecule has 0 aliphatic carbocycles. The number of rotatable bonds is 6. The highest BCUT2D eigenvalue weighted by Gasteiger charge is 2.20. The molecule has 1 atom stereocenters. The molecule has 0 aliphatic heterocycles. The van der Waals surface area contributed by atoms with Gasteiger partial charge in [-0.15, -0.1) is 0 Å². The van der Waals surface area contributed by atoms with Crippen molar-refractivity contribution in [3.8, 4) is 0 Å². The summed E-state index contributed by atoms with van der Waals surface area (Å²) in [4.78, 5) is 0. The van der Waals surface area contributed by atoms with Gasteiger partial charge in [0.2, 0.25) is 0 Å². The highest BCUT2D eigenvalue weighted by molar-refractivity contribution is 9.09. The zero-order valence-corrected chi connectivity index (χ0v) is 11.0. The van der Waals surface area contributed by atoms with E-state index in [9.17, 15) is 8.42 Å². The summed E-state index contributed by atoms with van der Waals surface area (Å²) in [7, 11) is -2.86. The number of hydrogen-bond donors (Lipinski definition) is 0. The molecular weight excluding hydrogens is 252 g/mol. The van der Waals surface area contributed by atoms with Crippen LogP contribution in [0.2, 0.25) is 0 Å².